The van der Waals surface area contributed by atoms with Crippen molar-refractivity contribution in [1.29, 1.82) is 0 Å². The maximum atomic E-state index is 11.7. The van der Waals surface area contributed by atoms with E-state index in [0.29, 0.717) is 18.4 Å². The lowest BCUT2D eigenvalue weighted by Gasteiger charge is -2.09. The van der Waals surface area contributed by atoms with Crippen molar-refractivity contribution < 1.29 is 9.32 Å². The van der Waals surface area contributed by atoms with Gasteiger partial charge < -0.3 is 15.2 Å². The second kappa shape index (κ2) is 6.91. The number of nitrogens with one attached hydrogen (secondary N) is 2. The van der Waals surface area contributed by atoms with E-state index in [9.17, 15) is 4.79 Å². The second-order valence-electron chi connectivity index (χ2n) is 6.22. The number of hydrogen-bond acceptors (Lipinski definition) is 4. The van der Waals surface area contributed by atoms with Gasteiger partial charge in [-0.2, -0.15) is 4.98 Å². The lowest BCUT2D eigenvalue weighted by atomic mass is 10.0. The highest BCUT2D eigenvalue weighted by Crippen LogP contribution is 2.38. The van der Waals surface area contributed by atoms with Gasteiger partial charge >= 0.3 is 6.03 Å². The molecule has 2 fully saturated rings. The SMILES string of the molecule is O=C(NCCCC1CCCC1)NCc1nc(C2CC2)no1. The zero-order chi connectivity index (χ0) is 14.5. The molecular formula is C15H24N4O2. The largest absolute Gasteiger partial charge is 0.338 e. The molecule has 6 heteroatoms. The minimum atomic E-state index is -0.160. The third kappa shape index (κ3) is 4.44. The molecule has 1 aromatic heterocycles. The summed E-state index contributed by atoms with van der Waals surface area (Å²) in [4.78, 5) is 15.9. The van der Waals surface area contributed by atoms with Crippen LogP contribution in [0.2, 0.25) is 0 Å². The van der Waals surface area contributed by atoms with Crippen LogP contribution in [0.15, 0.2) is 4.52 Å². The van der Waals surface area contributed by atoms with Crippen LogP contribution in [0.1, 0.15) is 69.0 Å². The Hall–Kier alpha value is -1.59. The molecule has 0 saturated heterocycles. The molecule has 21 heavy (non-hydrogen) atoms. The number of carbonyl (C=O) groups is 1. The Balaban J connectivity index is 1.26. The van der Waals surface area contributed by atoms with E-state index in [-0.39, 0.29) is 6.03 Å². The Bertz CT molecular complexity index is 464. The predicted octanol–water partition coefficient (Wildman–Crippen LogP) is 2.72. The van der Waals surface area contributed by atoms with Gasteiger partial charge in [0, 0.05) is 12.5 Å². The predicted molar refractivity (Wildman–Crippen MR) is 77.7 cm³/mol. The first-order valence-corrected chi connectivity index (χ1v) is 8.15. The Morgan fingerprint density at radius 2 is 2.00 bits per heavy atom. The molecule has 1 aromatic rings. The lowest BCUT2D eigenvalue weighted by molar-refractivity contribution is 0.238. The summed E-state index contributed by atoms with van der Waals surface area (Å²) in [5.41, 5.74) is 0. The third-order valence-corrected chi connectivity index (χ3v) is 4.38. The quantitative estimate of drug-likeness (QED) is 0.757. The van der Waals surface area contributed by atoms with Crippen molar-refractivity contribution in [1.82, 2.24) is 20.8 Å². The summed E-state index contributed by atoms with van der Waals surface area (Å²) >= 11 is 0. The number of rotatable bonds is 7. The number of hydrogen-bond donors (Lipinski definition) is 2. The molecule has 0 unspecified atom stereocenters. The van der Waals surface area contributed by atoms with E-state index in [1.165, 1.54) is 32.1 Å². The number of urea groups is 1. The van der Waals surface area contributed by atoms with Crippen molar-refractivity contribution in [3.8, 4) is 0 Å². The highest BCUT2D eigenvalue weighted by atomic mass is 16.5. The summed E-state index contributed by atoms with van der Waals surface area (Å²) in [5, 5.41) is 9.55. The average molecular weight is 292 g/mol. The summed E-state index contributed by atoms with van der Waals surface area (Å²) in [6.45, 7) is 1.04. The Morgan fingerprint density at radius 1 is 1.19 bits per heavy atom. The van der Waals surface area contributed by atoms with E-state index >= 15 is 0 Å². The van der Waals surface area contributed by atoms with Crippen LogP contribution >= 0.6 is 0 Å². The van der Waals surface area contributed by atoms with Crippen molar-refractivity contribution in [3.05, 3.63) is 11.7 Å². The fraction of sp³-hybridized carbons (Fsp3) is 0.800. The van der Waals surface area contributed by atoms with Gasteiger partial charge in [-0.25, -0.2) is 4.79 Å². The molecule has 0 aromatic carbocycles. The molecule has 2 aliphatic rings. The van der Waals surface area contributed by atoms with Gasteiger partial charge in [0.15, 0.2) is 5.82 Å². The first kappa shape index (κ1) is 14.4. The fourth-order valence-corrected chi connectivity index (χ4v) is 2.96. The molecule has 2 N–H and O–H groups in total. The zero-order valence-electron chi connectivity index (χ0n) is 12.4. The van der Waals surface area contributed by atoms with Crippen LogP contribution in [-0.4, -0.2) is 22.7 Å². The van der Waals surface area contributed by atoms with E-state index in [1.54, 1.807) is 0 Å². The molecule has 0 radical (unpaired) electrons. The Kier molecular flexibility index (Phi) is 4.72. The fourth-order valence-electron chi connectivity index (χ4n) is 2.96. The third-order valence-electron chi connectivity index (χ3n) is 4.38. The van der Waals surface area contributed by atoms with E-state index in [0.717, 1.165) is 37.5 Å². The molecule has 3 rings (SSSR count). The molecule has 0 spiro atoms. The van der Waals surface area contributed by atoms with E-state index in [1.807, 2.05) is 0 Å². The molecule has 0 bridgehead atoms. The Morgan fingerprint density at radius 3 is 2.76 bits per heavy atom. The molecule has 6 nitrogen and oxygen atoms in total. The van der Waals surface area contributed by atoms with Crippen LogP contribution in [0.25, 0.3) is 0 Å². The first-order valence-electron chi connectivity index (χ1n) is 8.15. The van der Waals surface area contributed by atoms with Crippen LogP contribution in [0.5, 0.6) is 0 Å². The van der Waals surface area contributed by atoms with Crippen LogP contribution in [-0.2, 0) is 6.54 Å². The van der Waals surface area contributed by atoms with Gasteiger partial charge in [-0.05, 0) is 31.6 Å². The van der Waals surface area contributed by atoms with Gasteiger partial charge in [0.25, 0.3) is 0 Å². The second-order valence-corrected chi connectivity index (χ2v) is 6.22. The maximum Gasteiger partial charge on any atom is 0.315 e. The van der Waals surface area contributed by atoms with Gasteiger partial charge in [-0.1, -0.05) is 30.8 Å². The van der Waals surface area contributed by atoms with Crippen LogP contribution in [0, 0.1) is 5.92 Å². The molecule has 2 amide bonds. The lowest BCUT2D eigenvalue weighted by Crippen LogP contribution is -2.35. The van der Waals surface area contributed by atoms with Crippen molar-refractivity contribution in [2.45, 2.75) is 63.8 Å². The Labute approximate surface area is 125 Å². The van der Waals surface area contributed by atoms with Crippen molar-refractivity contribution >= 4 is 6.03 Å². The monoisotopic (exact) mass is 292 g/mol. The van der Waals surface area contributed by atoms with Gasteiger partial charge in [0.2, 0.25) is 5.89 Å². The topological polar surface area (TPSA) is 80.0 Å². The highest BCUT2D eigenvalue weighted by molar-refractivity contribution is 5.73. The number of aromatic nitrogens is 2. The van der Waals surface area contributed by atoms with Crippen LogP contribution < -0.4 is 10.6 Å². The molecule has 2 saturated carbocycles. The molecule has 116 valence electrons. The van der Waals surface area contributed by atoms with Crippen molar-refractivity contribution in [2.75, 3.05) is 6.54 Å². The molecule has 0 aliphatic heterocycles. The van der Waals surface area contributed by atoms with Gasteiger partial charge in [0.1, 0.15) is 0 Å². The summed E-state index contributed by atoms with van der Waals surface area (Å²) in [7, 11) is 0. The van der Waals surface area contributed by atoms with Crippen molar-refractivity contribution in [2.24, 2.45) is 5.92 Å². The standard InChI is InChI=1S/C15H24N4O2/c20-15(16-9-3-6-11-4-1-2-5-11)17-10-13-18-14(19-21-13)12-7-8-12/h11-12H,1-10H2,(H2,16,17,20). The summed E-state index contributed by atoms with van der Waals surface area (Å²) in [6, 6.07) is -0.160. The minimum Gasteiger partial charge on any atom is -0.338 e. The van der Waals surface area contributed by atoms with Crippen molar-refractivity contribution in [3.63, 3.8) is 0 Å². The molecule has 1 heterocycles. The molecular weight excluding hydrogens is 268 g/mol. The summed E-state index contributed by atoms with van der Waals surface area (Å²) < 4.78 is 5.11. The molecule has 2 aliphatic carbocycles. The summed E-state index contributed by atoms with van der Waals surface area (Å²) in [5.74, 6) is 2.63. The van der Waals surface area contributed by atoms with Crippen LogP contribution in [0.4, 0.5) is 4.79 Å². The smallest absolute Gasteiger partial charge is 0.315 e. The molecule has 0 atom stereocenters. The zero-order valence-corrected chi connectivity index (χ0v) is 12.4. The van der Waals surface area contributed by atoms with E-state index in [4.69, 9.17) is 4.52 Å². The maximum absolute atomic E-state index is 11.7. The van der Waals surface area contributed by atoms with Gasteiger partial charge in [0.05, 0.1) is 6.54 Å². The first-order chi connectivity index (χ1) is 10.3. The normalized spacial score (nSPS) is 18.9. The average Bonchev–Trinajstić information content (AvgIpc) is 3.02. The number of amides is 2. The van der Waals surface area contributed by atoms with Gasteiger partial charge in [-0.3, -0.25) is 0 Å². The summed E-state index contributed by atoms with van der Waals surface area (Å²) in [6.07, 6.45) is 10.1. The number of nitrogens with zero attached hydrogens (tertiary/aromatic N) is 2. The van der Waals surface area contributed by atoms with Gasteiger partial charge in [-0.15, -0.1) is 0 Å². The number of carbonyl (C=O) groups excluding carboxylic acids is 1. The minimum absolute atomic E-state index is 0.160. The van der Waals surface area contributed by atoms with E-state index < -0.39 is 0 Å². The van der Waals surface area contributed by atoms with Crippen LogP contribution in [0.3, 0.4) is 0 Å². The van der Waals surface area contributed by atoms with E-state index in [2.05, 4.69) is 20.8 Å². The highest BCUT2D eigenvalue weighted by Gasteiger charge is 2.28.